The molecule has 0 atom stereocenters. The molecule has 0 saturated heterocycles. The highest BCUT2D eigenvalue weighted by atomic mass is 16.4. The summed E-state index contributed by atoms with van der Waals surface area (Å²) >= 11 is 0. The maximum absolute atomic E-state index is 13.4. The van der Waals surface area contributed by atoms with Gasteiger partial charge in [-0.3, -0.25) is 9.59 Å². The Morgan fingerprint density at radius 3 is 1.10 bits per heavy atom. The predicted molar refractivity (Wildman–Crippen MR) is 151 cm³/mol. The van der Waals surface area contributed by atoms with Crippen molar-refractivity contribution < 1.29 is 39.6 Å². The molecule has 0 spiro atoms. The molecule has 0 radical (unpaired) electrons. The van der Waals surface area contributed by atoms with Gasteiger partial charge >= 0.3 is 11.9 Å². The Balaban J connectivity index is 2.14. The molecule has 3 rings (SSSR count). The number of anilines is 2. The van der Waals surface area contributed by atoms with Crippen LogP contribution in [0.25, 0.3) is 0 Å². The van der Waals surface area contributed by atoms with E-state index >= 15 is 0 Å². The molecular formula is C30H32N2O8. The van der Waals surface area contributed by atoms with Crippen LogP contribution in [0.3, 0.4) is 0 Å². The number of rotatable bonds is 12. The maximum Gasteiger partial charge on any atom is 0.336 e. The van der Waals surface area contributed by atoms with Crippen LogP contribution in [0.1, 0.15) is 80.3 Å². The number of phenols is 2. The zero-order valence-electron chi connectivity index (χ0n) is 22.8. The van der Waals surface area contributed by atoms with Crippen molar-refractivity contribution >= 4 is 34.9 Å². The van der Waals surface area contributed by atoms with Gasteiger partial charge in [0.2, 0.25) is 0 Å². The Bertz CT molecular complexity index is 1360. The van der Waals surface area contributed by atoms with E-state index in [0.717, 1.165) is 12.1 Å². The third-order valence-electron chi connectivity index (χ3n) is 6.82. The Labute approximate surface area is 231 Å². The minimum atomic E-state index is -1.57. The van der Waals surface area contributed by atoms with E-state index < -0.39 is 57.3 Å². The lowest BCUT2D eigenvalue weighted by Crippen LogP contribution is -2.22. The summed E-state index contributed by atoms with van der Waals surface area (Å²) < 4.78 is 0. The molecule has 0 aliphatic carbocycles. The molecule has 0 saturated carbocycles. The molecule has 10 heteroatoms. The minimum Gasteiger partial charge on any atom is -0.507 e. The molecule has 10 nitrogen and oxygen atoms in total. The fourth-order valence-electron chi connectivity index (χ4n) is 4.61. The molecule has 0 heterocycles. The highest BCUT2D eigenvalue weighted by Gasteiger charge is 2.29. The second kappa shape index (κ2) is 12.3. The average molecular weight is 549 g/mol. The first-order valence-corrected chi connectivity index (χ1v) is 12.9. The number of hydrogen-bond acceptors (Lipinski definition) is 8. The van der Waals surface area contributed by atoms with Crippen LogP contribution in [-0.2, 0) is 0 Å². The number of carbonyl (C=O) groups excluding carboxylic acids is 2. The van der Waals surface area contributed by atoms with E-state index in [1.54, 1.807) is 12.1 Å². The van der Waals surface area contributed by atoms with Crippen molar-refractivity contribution in [1.82, 2.24) is 0 Å². The standard InChI is InChI=1S/C30H32N2O8/c1-5-31(6-2)17-9-11-19(25(33)13-17)27(35)21-15-24(30(39)40)22(16-23(21)29(37)38)28(36)20-12-10-18(14-26(20)34)32(7-3)8-4/h9-16,33-34H,5-8H2,1-4H3,(H,37,38)(H,39,40). The number of aromatic carboxylic acids is 2. The van der Waals surface area contributed by atoms with E-state index in [1.165, 1.54) is 24.3 Å². The van der Waals surface area contributed by atoms with E-state index in [9.17, 15) is 39.6 Å². The smallest absolute Gasteiger partial charge is 0.336 e. The van der Waals surface area contributed by atoms with Gasteiger partial charge in [0, 0.05) is 60.8 Å². The first-order chi connectivity index (χ1) is 19.0. The summed E-state index contributed by atoms with van der Waals surface area (Å²) in [4.78, 5) is 55.0. The number of hydrogen-bond donors (Lipinski definition) is 4. The molecule has 0 aliphatic heterocycles. The van der Waals surface area contributed by atoms with Crippen molar-refractivity contribution in [2.24, 2.45) is 0 Å². The number of benzene rings is 3. The number of nitrogens with zero attached hydrogens (tertiary/aromatic N) is 2. The molecule has 0 bridgehead atoms. The second-order valence-corrected chi connectivity index (χ2v) is 8.96. The van der Waals surface area contributed by atoms with Crippen LogP contribution < -0.4 is 9.80 Å². The van der Waals surface area contributed by atoms with Gasteiger partial charge in [-0.15, -0.1) is 0 Å². The van der Waals surface area contributed by atoms with Crippen LogP contribution in [0.4, 0.5) is 11.4 Å². The second-order valence-electron chi connectivity index (χ2n) is 8.96. The highest BCUT2D eigenvalue weighted by molar-refractivity contribution is 6.20. The van der Waals surface area contributed by atoms with Crippen molar-refractivity contribution in [3.63, 3.8) is 0 Å². The topological polar surface area (TPSA) is 156 Å². The monoisotopic (exact) mass is 548 g/mol. The summed E-state index contributed by atoms with van der Waals surface area (Å²) in [6.07, 6.45) is 0. The van der Waals surface area contributed by atoms with Crippen LogP contribution in [0.5, 0.6) is 11.5 Å². The van der Waals surface area contributed by atoms with Crippen molar-refractivity contribution in [2.45, 2.75) is 27.7 Å². The van der Waals surface area contributed by atoms with Crippen molar-refractivity contribution in [3.8, 4) is 11.5 Å². The molecule has 0 aliphatic rings. The molecule has 0 fully saturated rings. The summed E-state index contributed by atoms with van der Waals surface area (Å²) in [5.74, 6) is -5.80. The van der Waals surface area contributed by atoms with Crippen LogP contribution >= 0.6 is 0 Å². The van der Waals surface area contributed by atoms with Gasteiger partial charge < -0.3 is 30.2 Å². The fraction of sp³-hybridized carbons (Fsp3) is 0.267. The Morgan fingerprint density at radius 2 is 0.850 bits per heavy atom. The van der Waals surface area contributed by atoms with Crippen LogP contribution in [0.2, 0.25) is 0 Å². The lowest BCUT2D eigenvalue weighted by molar-refractivity contribution is 0.0677. The quantitative estimate of drug-likeness (QED) is 0.235. The van der Waals surface area contributed by atoms with Crippen molar-refractivity contribution in [1.29, 1.82) is 0 Å². The van der Waals surface area contributed by atoms with Gasteiger partial charge in [-0.1, -0.05) is 0 Å². The molecule has 0 amide bonds. The van der Waals surface area contributed by atoms with Crippen LogP contribution in [0, 0.1) is 0 Å². The summed E-state index contributed by atoms with van der Waals surface area (Å²) in [5, 5.41) is 41.0. The third-order valence-corrected chi connectivity index (χ3v) is 6.82. The zero-order chi connectivity index (χ0) is 29.7. The highest BCUT2D eigenvalue weighted by Crippen LogP contribution is 2.31. The summed E-state index contributed by atoms with van der Waals surface area (Å²) in [5.41, 5.74) is -1.40. The molecule has 40 heavy (non-hydrogen) atoms. The molecule has 4 N–H and O–H groups in total. The van der Waals surface area contributed by atoms with E-state index in [2.05, 4.69) is 0 Å². The molecule has 0 unspecified atom stereocenters. The number of aromatic hydroxyl groups is 2. The van der Waals surface area contributed by atoms with Crippen LogP contribution in [0.15, 0.2) is 48.5 Å². The Hall–Kier alpha value is -4.86. The number of carboxylic acid groups (broad SMARTS) is 2. The molecular weight excluding hydrogens is 516 g/mol. The Morgan fingerprint density at radius 1 is 0.525 bits per heavy atom. The first kappa shape index (κ1) is 29.7. The van der Waals surface area contributed by atoms with E-state index in [1.807, 2.05) is 37.5 Å². The number of ketones is 2. The van der Waals surface area contributed by atoms with Gasteiger partial charge in [0.1, 0.15) is 11.5 Å². The van der Waals surface area contributed by atoms with Crippen molar-refractivity contribution in [3.05, 3.63) is 81.9 Å². The van der Waals surface area contributed by atoms with Gasteiger partial charge in [0.25, 0.3) is 0 Å². The Kier molecular flexibility index (Phi) is 9.15. The summed E-state index contributed by atoms with van der Waals surface area (Å²) in [6.45, 7) is 10.3. The van der Waals surface area contributed by atoms with Gasteiger partial charge in [0.15, 0.2) is 11.6 Å². The summed E-state index contributed by atoms with van der Waals surface area (Å²) in [6, 6.07) is 10.3. The van der Waals surface area contributed by atoms with E-state index in [0.29, 0.717) is 37.6 Å². The third kappa shape index (κ3) is 5.75. The fourth-order valence-corrected chi connectivity index (χ4v) is 4.61. The van der Waals surface area contributed by atoms with Gasteiger partial charge in [0.05, 0.1) is 22.3 Å². The normalized spacial score (nSPS) is 10.7. The molecule has 0 aromatic heterocycles. The molecule has 3 aromatic carbocycles. The number of carbonyl (C=O) groups is 4. The van der Waals surface area contributed by atoms with Crippen LogP contribution in [-0.4, -0.2) is 70.1 Å². The van der Waals surface area contributed by atoms with Gasteiger partial charge in [-0.05, 0) is 64.1 Å². The number of carboxylic acids is 2. The number of phenolic OH excluding ortho intramolecular Hbond substituents is 2. The zero-order valence-corrected chi connectivity index (χ0v) is 22.8. The largest absolute Gasteiger partial charge is 0.507 e. The van der Waals surface area contributed by atoms with Gasteiger partial charge in [-0.25, -0.2) is 9.59 Å². The SMILES string of the molecule is CCN(CC)c1ccc(C(=O)c2cc(C(=O)O)c(C(=O)c3ccc(N(CC)CC)cc3O)cc2C(=O)O)c(O)c1. The lowest BCUT2D eigenvalue weighted by atomic mass is 9.89. The van der Waals surface area contributed by atoms with E-state index in [-0.39, 0.29) is 11.1 Å². The first-order valence-electron chi connectivity index (χ1n) is 12.9. The van der Waals surface area contributed by atoms with Gasteiger partial charge in [-0.2, -0.15) is 0 Å². The van der Waals surface area contributed by atoms with Crippen molar-refractivity contribution in [2.75, 3.05) is 36.0 Å². The van der Waals surface area contributed by atoms with E-state index in [4.69, 9.17) is 0 Å². The molecule has 3 aromatic rings. The minimum absolute atomic E-state index is 0.224. The summed E-state index contributed by atoms with van der Waals surface area (Å²) in [7, 11) is 0. The lowest BCUT2D eigenvalue weighted by Gasteiger charge is -2.22. The average Bonchev–Trinajstić information content (AvgIpc) is 2.93. The molecule has 210 valence electrons. The predicted octanol–water partition coefficient (Wildman–Crippen LogP) is 4.65. The maximum atomic E-state index is 13.4.